The van der Waals surface area contributed by atoms with E-state index in [4.69, 9.17) is 0 Å². The van der Waals surface area contributed by atoms with Crippen molar-refractivity contribution in [3.05, 3.63) is 22.9 Å². The highest BCUT2D eigenvalue weighted by Crippen LogP contribution is 2.24. The second-order valence-corrected chi connectivity index (χ2v) is 5.75. The van der Waals surface area contributed by atoms with Gasteiger partial charge in [0, 0.05) is 47.9 Å². The number of rotatable bonds is 2. The molecule has 5 heteroatoms. The number of pyridine rings is 1. The summed E-state index contributed by atoms with van der Waals surface area (Å²) in [6, 6.07) is 2.11. The van der Waals surface area contributed by atoms with Gasteiger partial charge in [-0.05, 0) is 41.0 Å². The molecule has 0 radical (unpaired) electrons. The molecule has 1 aliphatic heterocycles. The van der Waals surface area contributed by atoms with E-state index in [-0.39, 0.29) is 0 Å². The van der Waals surface area contributed by atoms with E-state index in [0.717, 1.165) is 30.7 Å². The highest BCUT2D eigenvalue weighted by molar-refractivity contribution is 9.10. The minimum atomic E-state index is 1.04. The monoisotopic (exact) mass is 287 g/mol. The lowest BCUT2D eigenvalue weighted by Crippen LogP contribution is -2.40. The van der Waals surface area contributed by atoms with Crippen LogP contribution in [-0.2, 0) is 0 Å². The summed E-state index contributed by atoms with van der Waals surface area (Å²) >= 11 is 5.23. The van der Waals surface area contributed by atoms with E-state index in [1.54, 1.807) is 11.9 Å². The number of halogens is 1. The van der Waals surface area contributed by atoms with Gasteiger partial charge in [-0.3, -0.25) is 4.98 Å². The number of aromatic nitrogens is 1. The molecule has 15 heavy (non-hydrogen) atoms. The SMILES string of the molecule is CN1CCN(Sc2cncc(Br)c2)CC1. The molecule has 2 heterocycles. The zero-order chi connectivity index (χ0) is 10.7. The summed E-state index contributed by atoms with van der Waals surface area (Å²) in [6.07, 6.45) is 3.72. The Morgan fingerprint density at radius 2 is 2.00 bits per heavy atom. The largest absolute Gasteiger partial charge is 0.304 e. The normalized spacial score (nSPS) is 19.3. The number of hydrogen-bond acceptors (Lipinski definition) is 4. The third kappa shape index (κ3) is 3.45. The average molecular weight is 288 g/mol. The first kappa shape index (κ1) is 11.4. The standard InChI is InChI=1S/C10H14BrN3S/c1-13-2-4-14(5-3-13)15-10-6-9(11)7-12-8-10/h6-8H,2-5H2,1H3. The second-order valence-electron chi connectivity index (χ2n) is 3.66. The average Bonchev–Trinajstić information content (AvgIpc) is 2.22. The summed E-state index contributed by atoms with van der Waals surface area (Å²) < 4.78 is 3.44. The van der Waals surface area contributed by atoms with E-state index in [0.29, 0.717) is 0 Å². The van der Waals surface area contributed by atoms with Crippen molar-refractivity contribution in [3.8, 4) is 0 Å². The minimum absolute atomic E-state index is 1.04. The van der Waals surface area contributed by atoms with Crippen LogP contribution in [0.4, 0.5) is 0 Å². The highest BCUT2D eigenvalue weighted by atomic mass is 79.9. The van der Waals surface area contributed by atoms with E-state index in [2.05, 4.69) is 43.2 Å². The third-order valence-corrected chi connectivity index (χ3v) is 3.87. The van der Waals surface area contributed by atoms with Gasteiger partial charge in [0.1, 0.15) is 0 Å². The zero-order valence-electron chi connectivity index (χ0n) is 8.69. The van der Waals surface area contributed by atoms with Crippen LogP contribution >= 0.6 is 27.9 Å². The summed E-state index contributed by atoms with van der Waals surface area (Å²) in [5.74, 6) is 0. The number of nitrogens with zero attached hydrogens (tertiary/aromatic N) is 3. The molecule has 1 aromatic rings. The molecular formula is C10H14BrN3S. The molecule has 0 saturated carbocycles. The molecule has 2 rings (SSSR count). The van der Waals surface area contributed by atoms with Gasteiger partial charge < -0.3 is 4.90 Å². The van der Waals surface area contributed by atoms with Gasteiger partial charge in [0.2, 0.25) is 0 Å². The molecule has 0 amide bonds. The summed E-state index contributed by atoms with van der Waals surface area (Å²) in [5, 5.41) is 0. The molecule has 0 N–H and O–H groups in total. The maximum Gasteiger partial charge on any atom is 0.0425 e. The van der Waals surface area contributed by atoms with Crippen molar-refractivity contribution >= 4 is 27.9 Å². The van der Waals surface area contributed by atoms with Crippen molar-refractivity contribution in [2.45, 2.75) is 4.90 Å². The predicted octanol–water partition coefficient (Wildman–Crippen LogP) is 2.10. The van der Waals surface area contributed by atoms with E-state index in [1.807, 2.05) is 12.4 Å². The van der Waals surface area contributed by atoms with E-state index in [1.165, 1.54) is 4.90 Å². The van der Waals surface area contributed by atoms with Gasteiger partial charge in [-0.1, -0.05) is 0 Å². The van der Waals surface area contributed by atoms with Crippen LogP contribution in [0.25, 0.3) is 0 Å². The van der Waals surface area contributed by atoms with Crippen LogP contribution in [0.5, 0.6) is 0 Å². The maximum atomic E-state index is 4.16. The lowest BCUT2D eigenvalue weighted by molar-refractivity contribution is 0.233. The van der Waals surface area contributed by atoms with Crippen molar-refractivity contribution in [1.82, 2.24) is 14.2 Å². The Balaban J connectivity index is 1.92. The molecule has 0 atom stereocenters. The molecule has 0 aromatic carbocycles. The van der Waals surface area contributed by atoms with Gasteiger partial charge in [-0.15, -0.1) is 0 Å². The molecule has 1 aliphatic rings. The Bertz CT molecular complexity index is 326. The number of likely N-dealkylation sites (N-methyl/N-ethyl adjacent to an activating group) is 1. The molecule has 82 valence electrons. The van der Waals surface area contributed by atoms with E-state index >= 15 is 0 Å². The molecule has 1 aromatic heterocycles. The van der Waals surface area contributed by atoms with E-state index in [9.17, 15) is 0 Å². The van der Waals surface area contributed by atoms with Crippen molar-refractivity contribution in [2.75, 3.05) is 33.2 Å². The smallest absolute Gasteiger partial charge is 0.0425 e. The van der Waals surface area contributed by atoms with Crippen molar-refractivity contribution < 1.29 is 0 Å². The first-order valence-electron chi connectivity index (χ1n) is 4.96. The quantitative estimate of drug-likeness (QED) is 0.776. The van der Waals surface area contributed by atoms with Crippen LogP contribution in [0, 0.1) is 0 Å². The molecule has 0 bridgehead atoms. The fourth-order valence-corrected chi connectivity index (χ4v) is 2.92. The molecule has 0 spiro atoms. The summed E-state index contributed by atoms with van der Waals surface area (Å²) in [7, 11) is 2.17. The summed E-state index contributed by atoms with van der Waals surface area (Å²) in [6.45, 7) is 4.53. The van der Waals surface area contributed by atoms with Gasteiger partial charge in [0.15, 0.2) is 0 Å². The summed E-state index contributed by atoms with van der Waals surface area (Å²) in [5.41, 5.74) is 0. The fraction of sp³-hybridized carbons (Fsp3) is 0.500. The molecule has 1 fully saturated rings. The van der Waals surface area contributed by atoms with Gasteiger partial charge >= 0.3 is 0 Å². The predicted molar refractivity (Wildman–Crippen MR) is 66.9 cm³/mol. The fourth-order valence-electron chi connectivity index (χ4n) is 1.47. The van der Waals surface area contributed by atoms with Crippen LogP contribution < -0.4 is 0 Å². The van der Waals surface area contributed by atoms with Gasteiger partial charge in [-0.2, -0.15) is 0 Å². The Hall–Kier alpha value is -0.100. The number of hydrogen-bond donors (Lipinski definition) is 0. The van der Waals surface area contributed by atoms with Crippen molar-refractivity contribution in [3.63, 3.8) is 0 Å². The van der Waals surface area contributed by atoms with Crippen LogP contribution in [0.3, 0.4) is 0 Å². The first-order chi connectivity index (χ1) is 7.24. The second kappa shape index (κ2) is 5.30. The number of piperazine rings is 1. The Morgan fingerprint density at radius 1 is 1.27 bits per heavy atom. The van der Waals surface area contributed by atoms with Crippen LogP contribution in [0.15, 0.2) is 27.8 Å². The lowest BCUT2D eigenvalue weighted by Gasteiger charge is -2.31. The lowest BCUT2D eigenvalue weighted by atomic mass is 10.4. The molecule has 0 unspecified atom stereocenters. The first-order valence-corrected chi connectivity index (χ1v) is 6.53. The third-order valence-electron chi connectivity index (χ3n) is 2.38. The van der Waals surface area contributed by atoms with Crippen molar-refractivity contribution in [2.24, 2.45) is 0 Å². The van der Waals surface area contributed by atoms with Crippen LogP contribution in [0.2, 0.25) is 0 Å². The molecular weight excluding hydrogens is 274 g/mol. The van der Waals surface area contributed by atoms with Gasteiger partial charge in [0.25, 0.3) is 0 Å². The van der Waals surface area contributed by atoms with Crippen LogP contribution in [-0.4, -0.2) is 47.4 Å². The highest BCUT2D eigenvalue weighted by Gasteiger charge is 2.14. The van der Waals surface area contributed by atoms with Gasteiger partial charge in [0.05, 0.1) is 0 Å². The molecule has 1 saturated heterocycles. The van der Waals surface area contributed by atoms with Crippen molar-refractivity contribution in [1.29, 1.82) is 0 Å². The summed E-state index contributed by atoms with van der Waals surface area (Å²) in [4.78, 5) is 7.72. The minimum Gasteiger partial charge on any atom is -0.304 e. The van der Waals surface area contributed by atoms with Gasteiger partial charge in [-0.25, -0.2) is 4.31 Å². The molecule has 3 nitrogen and oxygen atoms in total. The molecule has 0 aliphatic carbocycles. The Labute approximate surface area is 103 Å². The Kier molecular flexibility index (Phi) is 4.02. The zero-order valence-corrected chi connectivity index (χ0v) is 11.1. The van der Waals surface area contributed by atoms with E-state index < -0.39 is 0 Å². The topological polar surface area (TPSA) is 19.4 Å². The maximum absolute atomic E-state index is 4.16. The Morgan fingerprint density at radius 3 is 2.67 bits per heavy atom. The van der Waals surface area contributed by atoms with Crippen LogP contribution in [0.1, 0.15) is 0 Å².